The average molecular weight is 277 g/mol. The fourth-order valence-corrected chi connectivity index (χ4v) is 1.20. The van der Waals surface area contributed by atoms with Gasteiger partial charge in [0.25, 0.3) is 0 Å². The molecule has 0 saturated carbocycles. The third-order valence-corrected chi connectivity index (χ3v) is 1.98. The van der Waals surface area contributed by atoms with Gasteiger partial charge in [0, 0.05) is 6.42 Å². The molecule has 8 heteroatoms. The summed E-state index contributed by atoms with van der Waals surface area (Å²) < 4.78 is 4.85. The first-order chi connectivity index (χ1) is 8.53. The summed E-state index contributed by atoms with van der Waals surface area (Å²) in [5, 5.41) is 28.9. The summed E-state index contributed by atoms with van der Waals surface area (Å²) in [6, 6.07) is -1.62. The third kappa shape index (κ3) is 7.98. The van der Waals surface area contributed by atoms with Gasteiger partial charge in [-0.1, -0.05) is 0 Å². The van der Waals surface area contributed by atoms with Crippen molar-refractivity contribution < 1.29 is 34.4 Å². The van der Waals surface area contributed by atoms with Crippen LogP contribution in [0.4, 0.5) is 4.79 Å². The number of aliphatic carboxylic acids is 2. The van der Waals surface area contributed by atoms with Crippen molar-refractivity contribution in [2.45, 2.75) is 51.4 Å². The number of aliphatic hydroxyl groups is 1. The Morgan fingerprint density at radius 1 is 1.21 bits per heavy atom. The molecule has 0 radical (unpaired) electrons. The SMILES string of the molecule is CC(C)(C)OC(=O)N[C@H](C(=O)O)[C@@H](O)CCC(=O)O. The highest BCUT2D eigenvalue weighted by atomic mass is 16.6. The molecule has 0 aliphatic carbocycles. The van der Waals surface area contributed by atoms with E-state index in [9.17, 15) is 19.5 Å². The molecule has 0 heterocycles. The molecular formula is C11H19NO7. The van der Waals surface area contributed by atoms with Crippen LogP contribution >= 0.6 is 0 Å². The molecule has 0 saturated heterocycles. The number of carboxylic acids is 2. The number of ether oxygens (including phenoxy) is 1. The number of carbonyl (C=O) groups is 3. The summed E-state index contributed by atoms with van der Waals surface area (Å²) in [6.45, 7) is 4.80. The summed E-state index contributed by atoms with van der Waals surface area (Å²) in [6.07, 6.45) is -3.20. The largest absolute Gasteiger partial charge is 0.481 e. The minimum atomic E-state index is -1.62. The monoisotopic (exact) mass is 277 g/mol. The Kier molecular flexibility index (Phi) is 6.26. The molecule has 0 rings (SSSR count). The molecule has 0 fully saturated rings. The Morgan fingerprint density at radius 2 is 1.74 bits per heavy atom. The Morgan fingerprint density at radius 3 is 2.11 bits per heavy atom. The van der Waals surface area contributed by atoms with E-state index in [2.05, 4.69) is 0 Å². The quantitative estimate of drug-likeness (QED) is 0.544. The van der Waals surface area contributed by atoms with Crippen LogP contribution in [-0.4, -0.2) is 51.1 Å². The van der Waals surface area contributed by atoms with Gasteiger partial charge in [-0.15, -0.1) is 0 Å². The van der Waals surface area contributed by atoms with Gasteiger partial charge in [0.2, 0.25) is 0 Å². The Hall–Kier alpha value is -1.83. The van der Waals surface area contributed by atoms with Gasteiger partial charge >= 0.3 is 18.0 Å². The summed E-state index contributed by atoms with van der Waals surface area (Å²) in [7, 11) is 0. The zero-order valence-electron chi connectivity index (χ0n) is 11.0. The molecule has 2 atom stereocenters. The van der Waals surface area contributed by atoms with Gasteiger partial charge in [0.1, 0.15) is 5.60 Å². The Balaban J connectivity index is 4.53. The van der Waals surface area contributed by atoms with E-state index in [1.54, 1.807) is 20.8 Å². The predicted octanol–water partition coefficient (Wildman–Crippen LogP) is 0.190. The minimum Gasteiger partial charge on any atom is -0.481 e. The van der Waals surface area contributed by atoms with Crippen molar-refractivity contribution in [3.8, 4) is 0 Å². The molecule has 110 valence electrons. The maximum absolute atomic E-state index is 11.4. The molecule has 4 N–H and O–H groups in total. The molecule has 1 amide bonds. The van der Waals surface area contributed by atoms with E-state index in [0.717, 1.165) is 0 Å². The maximum Gasteiger partial charge on any atom is 0.408 e. The zero-order valence-corrected chi connectivity index (χ0v) is 11.0. The summed E-state index contributed by atoms with van der Waals surface area (Å²) in [4.78, 5) is 32.6. The molecule has 8 nitrogen and oxygen atoms in total. The molecule has 0 aliphatic rings. The van der Waals surface area contributed by atoms with E-state index in [4.69, 9.17) is 14.9 Å². The standard InChI is InChI=1S/C11H19NO7/c1-11(2,3)19-10(18)12-8(9(16)17)6(13)4-5-7(14)15/h6,8,13H,4-5H2,1-3H3,(H,12,18)(H,14,15)(H,16,17)/t6-,8-/m0/s1. The fourth-order valence-electron chi connectivity index (χ4n) is 1.20. The van der Waals surface area contributed by atoms with Gasteiger partial charge in [0.05, 0.1) is 6.10 Å². The van der Waals surface area contributed by atoms with E-state index in [0.29, 0.717) is 0 Å². The normalized spacial score (nSPS) is 14.3. The minimum absolute atomic E-state index is 0.290. The van der Waals surface area contributed by atoms with Crippen molar-refractivity contribution >= 4 is 18.0 Å². The second-order valence-corrected chi connectivity index (χ2v) is 4.96. The van der Waals surface area contributed by atoms with Crippen LogP contribution < -0.4 is 5.32 Å². The van der Waals surface area contributed by atoms with Crippen LogP contribution in [0.1, 0.15) is 33.6 Å². The first-order valence-electron chi connectivity index (χ1n) is 5.65. The number of hydrogen-bond donors (Lipinski definition) is 4. The van der Waals surface area contributed by atoms with Crippen molar-refractivity contribution in [2.75, 3.05) is 0 Å². The van der Waals surface area contributed by atoms with Crippen LogP contribution in [0.15, 0.2) is 0 Å². The maximum atomic E-state index is 11.4. The van der Waals surface area contributed by atoms with E-state index >= 15 is 0 Å². The van der Waals surface area contributed by atoms with Crippen molar-refractivity contribution in [1.82, 2.24) is 5.32 Å². The number of alkyl carbamates (subject to hydrolysis) is 1. The lowest BCUT2D eigenvalue weighted by atomic mass is 10.1. The Bertz CT molecular complexity index is 347. The van der Waals surface area contributed by atoms with Crippen LogP contribution in [0.2, 0.25) is 0 Å². The van der Waals surface area contributed by atoms with Gasteiger partial charge in [-0.3, -0.25) is 4.79 Å². The highest BCUT2D eigenvalue weighted by molar-refractivity contribution is 5.80. The number of aliphatic hydroxyl groups excluding tert-OH is 1. The third-order valence-electron chi connectivity index (χ3n) is 1.98. The molecule has 19 heavy (non-hydrogen) atoms. The van der Waals surface area contributed by atoms with Gasteiger partial charge in [0.15, 0.2) is 6.04 Å². The van der Waals surface area contributed by atoms with E-state index in [1.807, 2.05) is 5.32 Å². The predicted molar refractivity (Wildman–Crippen MR) is 63.7 cm³/mol. The number of amides is 1. The lowest BCUT2D eigenvalue weighted by molar-refractivity contribution is -0.144. The number of rotatable bonds is 6. The molecular weight excluding hydrogens is 258 g/mol. The lowest BCUT2D eigenvalue weighted by Crippen LogP contribution is -2.50. The number of nitrogens with one attached hydrogen (secondary N) is 1. The first-order valence-corrected chi connectivity index (χ1v) is 5.65. The number of hydrogen-bond acceptors (Lipinski definition) is 5. The van der Waals surface area contributed by atoms with E-state index < -0.39 is 42.2 Å². The van der Waals surface area contributed by atoms with Crippen LogP contribution in [0.3, 0.4) is 0 Å². The van der Waals surface area contributed by atoms with Gasteiger partial charge in [-0.2, -0.15) is 0 Å². The van der Waals surface area contributed by atoms with E-state index in [-0.39, 0.29) is 6.42 Å². The van der Waals surface area contributed by atoms with Crippen molar-refractivity contribution in [2.24, 2.45) is 0 Å². The summed E-state index contributed by atoms with van der Waals surface area (Å²) in [5.74, 6) is -2.63. The van der Waals surface area contributed by atoms with Crippen molar-refractivity contribution in [3.63, 3.8) is 0 Å². The second-order valence-electron chi connectivity index (χ2n) is 4.96. The highest BCUT2D eigenvalue weighted by Gasteiger charge is 2.30. The fraction of sp³-hybridized carbons (Fsp3) is 0.727. The highest BCUT2D eigenvalue weighted by Crippen LogP contribution is 2.09. The number of carbonyl (C=O) groups excluding carboxylic acids is 1. The van der Waals surface area contributed by atoms with Gasteiger partial charge in [-0.05, 0) is 27.2 Å². The molecule has 0 bridgehead atoms. The van der Waals surface area contributed by atoms with Crippen molar-refractivity contribution in [3.05, 3.63) is 0 Å². The Labute approximate surface area is 110 Å². The topological polar surface area (TPSA) is 133 Å². The van der Waals surface area contributed by atoms with Gasteiger partial charge < -0.3 is 25.4 Å². The van der Waals surface area contributed by atoms with Crippen LogP contribution in [0.5, 0.6) is 0 Å². The van der Waals surface area contributed by atoms with Gasteiger partial charge in [-0.25, -0.2) is 9.59 Å². The second kappa shape index (κ2) is 6.93. The lowest BCUT2D eigenvalue weighted by Gasteiger charge is -2.24. The molecule has 0 spiro atoms. The van der Waals surface area contributed by atoms with Crippen LogP contribution in [0.25, 0.3) is 0 Å². The van der Waals surface area contributed by atoms with Crippen LogP contribution in [-0.2, 0) is 14.3 Å². The summed E-state index contributed by atoms with van der Waals surface area (Å²) >= 11 is 0. The van der Waals surface area contributed by atoms with E-state index in [1.165, 1.54) is 0 Å². The molecule has 0 aromatic carbocycles. The smallest absolute Gasteiger partial charge is 0.408 e. The molecule has 0 aliphatic heterocycles. The molecule has 0 unspecified atom stereocenters. The molecule has 0 aromatic rings. The van der Waals surface area contributed by atoms with Crippen LogP contribution in [0, 0.1) is 0 Å². The zero-order chi connectivity index (χ0) is 15.2. The van der Waals surface area contributed by atoms with Crippen molar-refractivity contribution in [1.29, 1.82) is 0 Å². The number of carboxylic acid groups (broad SMARTS) is 2. The summed E-state index contributed by atoms with van der Waals surface area (Å²) in [5.41, 5.74) is -0.806. The average Bonchev–Trinajstić information content (AvgIpc) is 2.19. The first kappa shape index (κ1) is 17.2. The molecule has 0 aromatic heterocycles.